The highest BCUT2D eigenvalue weighted by Gasteiger charge is 2.86. The Kier molecular flexibility index (Phi) is 8.11. The van der Waals surface area contributed by atoms with Crippen LogP contribution in [0, 0.1) is 11.3 Å². The summed E-state index contributed by atoms with van der Waals surface area (Å²) in [6, 6.07) is 5.76. The molecule has 5 rings (SSSR count). The molecule has 14 nitrogen and oxygen atoms in total. The molecule has 0 amide bonds. The Morgan fingerprint density at radius 3 is 1.91 bits per heavy atom. The van der Waals surface area contributed by atoms with Gasteiger partial charge in [-0.15, -0.1) is 0 Å². The lowest BCUT2D eigenvalue weighted by Gasteiger charge is -2.65. The summed E-state index contributed by atoms with van der Waals surface area (Å²) < 4.78 is 46.6. The number of hydrogen-bond acceptors (Lipinski definition) is 14. The van der Waals surface area contributed by atoms with E-state index in [-0.39, 0.29) is 24.4 Å². The zero-order valence-electron chi connectivity index (χ0n) is 25.7. The van der Waals surface area contributed by atoms with Crippen LogP contribution in [0.25, 0.3) is 0 Å². The van der Waals surface area contributed by atoms with Gasteiger partial charge in [-0.05, 0) is 51.5 Å². The number of rotatable bonds is 8. The van der Waals surface area contributed by atoms with E-state index in [0.717, 1.165) is 20.8 Å². The molecule has 2 aromatic rings. The van der Waals surface area contributed by atoms with Crippen LogP contribution in [0.1, 0.15) is 75.5 Å². The standard InChI is InChI=1S/C31H36O14/c1-16(32)40-15-30-23(43-26(35)20-9-7-11-38-20)13-19-24(44-27(36)21-10-8-12-39-21)31(30,45-28(19,4)5)29(6,37)14-22(41-17(2)33)25(30)42-18(3)34/h7-12,19,22-25,37H,13-15H2,1-6H3/t19-,22+,23+,24-,25+,29-,30-,31+/m1/s1. The van der Waals surface area contributed by atoms with Crippen LogP contribution in [0.5, 0.6) is 0 Å². The maximum Gasteiger partial charge on any atom is 0.374 e. The molecule has 2 saturated carbocycles. The molecule has 2 aromatic heterocycles. The highest BCUT2D eigenvalue weighted by atomic mass is 16.6. The lowest BCUT2D eigenvalue weighted by atomic mass is 9.46. The van der Waals surface area contributed by atoms with Crippen molar-refractivity contribution in [2.75, 3.05) is 6.61 Å². The maximum atomic E-state index is 13.5. The Labute approximate surface area is 258 Å². The van der Waals surface area contributed by atoms with Gasteiger partial charge in [-0.25, -0.2) is 9.59 Å². The number of esters is 5. The Morgan fingerprint density at radius 1 is 0.822 bits per heavy atom. The monoisotopic (exact) mass is 632 g/mol. The van der Waals surface area contributed by atoms with Gasteiger partial charge in [0, 0.05) is 33.1 Å². The largest absolute Gasteiger partial charge is 0.465 e. The van der Waals surface area contributed by atoms with Crippen LogP contribution in [0.2, 0.25) is 0 Å². The molecular weight excluding hydrogens is 596 g/mol. The van der Waals surface area contributed by atoms with Gasteiger partial charge in [-0.3, -0.25) is 14.4 Å². The minimum atomic E-state index is -2.10. The van der Waals surface area contributed by atoms with Crippen LogP contribution >= 0.6 is 0 Å². The zero-order chi connectivity index (χ0) is 32.9. The Balaban J connectivity index is 1.79. The van der Waals surface area contributed by atoms with Gasteiger partial charge in [0.05, 0.1) is 23.7 Å². The van der Waals surface area contributed by atoms with E-state index in [4.69, 9.17) is 37.3 Å². The van der Waals surface area contributed by atoms with Crippen LogP contribution in [-0.4, -0.2) is 82.8 Å². The quantitative estimate of drug-likeness (QED) is 0.330. The van der Waals surface area contributed by atoms with Gasteiger partial charge in [0.2, 0.25) is 11.5 Å². The molecular formula is C31H36O14. The van der Waals surface area contributed by atoms with E-state index in [2.05, 4.69) is 0 Å². The van der Waals surface area contributed by atoms with Gasteiger partial charge >= 0.3 is 29.8 Å². The summed E-state index contributed by atoms with van der Waals surface area (Å²) in [4.78, 5) is 64.4. The van der Waals surface area contributed by atoms with E-state index in [9.17, 15) is 29.1 Å². The fourth-order valence-corrected chi connectivity index (χ4v) is 7.59. The average molecular weight is 633 g/mol. The fraction of sp³-hybridized carbons (Fsp3) is 0.581. The number of hydrogen-bond donors (Lipinski definition) is 1. The third-order valence-electron chi connectivity index (χ3n) is 9.11. The zero-order valence-corrected chi connectivity index (χ0v) is 25.7. The van der Waals surface area contributed by atoms with E-state index in [1.165, 1.54) is 43.7 Å². The van der Waals surface area contributed by atoms with Gasteiger partial charge in [0.1, 0.15) is 30.3 Å². The molecule has 3 aliphatic rings. The van der Waals surface area contributed by atoms with E-state index >= 15 is 0 Å². The minimum absolute atomic E-state index is 0.0980. The molecule has 1 N–H and O–H groups in total. The van der Waals surface area contributed by atoms with Gasteiger partial charge < -0.3 is 42.4 Å². The number of carbonyl (C=O) groups is 5. The van der Waals surface area contributed by atoms with Crippen molar-refractivity contribution in [2.24, 2.45) is 11.3 Å². The molecule has 8 atom stereocenters. The van der Waals surface area contributed by atoms with Crippen LogP contribution in [0.3, 0.4) is 0 Å². The van der Waals surface area contributed by atoms with Crippen molar-refractivity contribution in [2.45, 2.75) is 95.6 Å². The van der Waals surface area contributed by atoms with E-state index in [0.29, 0.717) is 0 Å². The minimum Gasteiger partial charge on any atom is -0.465 e. The second-order valence-electron chi connectivity index (χ2n) is 12.4. The van der Waals surface area contributed by atoms with Crippen molar-refractivity contribution >= 4 is 29.8 Å². The van der Waals surface area contributed by atoms with E-state index in [1.54, 1.807) is 13.8 Å². The molecule has 2 bridgehead atoms. The van der Waals surface area contributed by atoms with E-state index < -0.39 is 89.0 Å². The van der Waals surface area contributed by atoms with Gasteiger partial charge in [-0.2, -0.15) is 0 Å². The van der Waals surface area contributed by atoms with Crippen LogP contribution in [-0.2, 0) is 42.8 Å². The van der Waals surface area contributed by atoms with Gasteiger partial charge in [0.25, 0.3) is 0 Å². The lowest BCUT2D eigenvalue weighted by Crippen LogP contribution is -2.83. The summed E-state index contributed by atoms with van der Waals surface area (Å²) in [5, 5.41) is 12.5. The predicted octanol–water partition coefficient (Wildman–Crippen LogP) is 2.76. The molecule has 3 heterocycles. The van der Waals surface area contributed by atoms with Crippen molar-refractivity contribution in [3.05, 3.63) is 48.3 Å². The number of furan rings is 2. The maximum absolute atomic E-state index is 13.5. The summed E-state index contributed by atoms with van der Waals surface area (Å²) in [6.07, 6.45) is -3.47. The second-order valence-corrected chi connectivity index (χ2v) is 12.4. The number of aliphatic hydroxyl groups is 1. The van der Waals surface area contributed by atoms with Crippen molar-refractivity contribution in [1.29, 1.82) is 0 Å². The molecule has 1 saturated heterocycles. The van der Waals surface area contributed by atoms with Crippen LogP contribution in [0.15, 0.2) is 45.6 Å². The number of carbonyl (C=O) groups excluding carboxylic acids is 5. The molecule has 1 aliphatic heterocycles. The van der Waals surface area contributed by atoms with Crippen LogP contribution < -0.4 is 0 Å². The predicted molar refractivity (Wildman–Crippen MR) is 147 cm³/mol. The Bertz CT molecular complexity index is 1460. The summed E-state index contributed by atoms with van der Waals surface area (Å²) in [5.41, 5.74) is -7.39. The normalized spacial score (nSPS) is 34.6. The molecule has 0 aromatic carbocycles. The second kappa shape index (κ2) is 11.3. The highest BCUT2D eigenvalue weighted by molar-refractivity contribution is 5.87. The molecule has 45 heavy (non-hydrogen) atoms. The average Bonchev–Trinajstić information content (AvgIpc) is 3.68. The topological polar surface area (TPSA) is 187 Å². The van der Waals surface area contributed by atoms with E-state index in [1.807, 2.05) is 0 Å². The fourth-order valence-electron chi connectivity index (χ4n) is 7.59. The first-order valence-corrected chi connectivity index (χ1v) is 14.4. The number of ether oxygens (including phenoxy) is 6. The van der Waals surface area contributed by atoms with Crippen molar-refractivity contribution in [3.8, 4) is 0 Å². The molecule has 0 unspecified atom stereocenters. The molecule has 0 radical (unpaired) electrons. The lowest BCUT2D eigenvalue weighted by molar-refractivity contribution is -0.354. The Morgan fingerprint density at radius 2 is 1.40 bits per heavy atom. The van der Waals surface area contributed by atoms with Gasteiger partial charge in [-0.1, -0.05) is 0 Å². The van der Waals surface area contributed by atoms with Crippen LogP contribution in [0.4, 0.5) is 0 Å². The Hall–Kier alpha value is -4.17. The first kappa shape index (κ1) is 32.2. The van der Waals surface area contributed by atoms with Gasteiger partial charge in [0.15, 0.2) is 11.7 Å². The van der Waals surface area contributed by atoms with Crippen molar-refractivity contribution in [3.63, 3.8) is 0 Å². The molecule has 14 heteroatoms. The smallest absolute Gasteiger partial charge is 0.374 e. The first-order valence-electron chi connectivity index (χ1n) is 14.4. The number of fused-ring (bicyclic) bond motifs is 1. The SMILES string of the molecule is CC(=O)OC[C@]12[C@@H](OC(=O)c3ccco3)C[C@@H]3[C@@H](OC(=O)c4ccco4)[C@]1(OC3(C)C)[C@](C)(O)C[C@H](OC(C)=O)[C@@H]2OC(C)=O. The molecule has 2 aliphatic carbocycles. The third kappa shape index (κ3) is 5.19. The molecule has 244 valence electrons. The van der Waals surface area contributed by atoms with Crippen molar-refractivity contribution < 1.29 is 66.3 Å². The first-order chi connectivity index (χ1) is 21.1. The summed E-state index contributed by atoms with van der Waals surface area (Å²) in [6.45, 7) is 7.52. The van der Waals surface area contributed by atoms with Crippen molar-refractivity contribution in [1.82, 2.24) is 0 Å². The summed E-state index contributed by atoms with van der Waals surface area (Å²) in [7, 11) is 0. The molecule has 3 fully saturated rings. The third-order valence-corrected chi connectivity index (χ3v) is 9.11. The molecule has 1 spiro atoms. The summed E-state index contributed by atoms with van der Waals surface area (Å²) in [5.74, 6) is -5.19. The summed E-state index contributed by atoms with van der Waals surface area (Å²) >= 11 is 0. The highest BCUT2D eigenvalue weighted by Crippen LogP contribution is 2.69.